The number of cyclic esters (lactones) is 1. The predicted octanol–water partition coefficient (Wildman–Crippen LogP) is 1.16. The normalized spacial score (nSPS) is 18.2. The Kier molecular flexibility index (Phi) is 3.34. The van der Waals surface area contributed by atoms with Crippen LogP contribution >= 0.6 is 0 Å². The highest BCUT2D eigenvalue weighted by molar-refractivity contribution is 6.09. The fourth-order valence-electron chi connectivity index (χ4n) is 1.94. The molecule has 8 nitrogen and oxygen atoms in total. The van der Waals surface area contributed by atoms with Crippen molar-refractivity contribution in [1.29, 1.82) is 0 Å². The number of rotatable bonds is 4. The van der Waals surface area contributed by atoms with Gasteiger partial charge in [-0.15, -0.1) is 5.10 Å². The van der Waals surface area contributed by atoms with E-state index in [4.69, 9.17) is 9.47 Å². The van der Waals surface area contributed by atoms with Crippen molar-refractivity contribution in [3.05, 3.63) is 42.2 Å². The van der Waals surface area contributed by atoms with E-state index in [1.807, 2.05) is 0 Å². The largest absolute Gasteiger partial charge is 0.476 e. The van der Waals surface area contributed by atoms with E-state index in [0.29, 0.717) is 16.6 Å². The van der Waals surface area contributed by atoms with Gasteiger partial charge in [-0.1, -0.05) is 17.3 Å². The van der Waals surface area contributed by atoms with Gasteiger partial charge in [-0.05, 0) is 19.1 Å². The molecule has 2 heterocycles. The number of carbonyl (C=O) groups is 2. The molecule has 1 aromatic carbocycles. The molecule has 22 heavy (non-hydrogen) atoms. The summed E-state index contributed by atoms with van der Waals surface area (Å²) in [7, 11) is 0. The minimum absolute atomic E-state index is 0.247. The zero-order valence-electron chi connectivity index (χ0n) is 11.5. The van der Waals surface area contributed by atoms with Crippen molar-refractivity contribution in [2.24, 2.45) is 0 Å². The smallest absolute Gasteiger partial charge is 0.357 e. The first-order chi connectivity index (χ1) is 10.6. The van der Waals surface area contributed by atoms with Crippen LogP contribution in [0.25, 0.3) is 16.7 Å². The molecular formula is C14H11N3O5. The summed E-state index contributed by atoms with van der Waals surface area (Å²) in [5, 5.41) is 17.0. The first-order valence-corrected chi connectivity index (χ1v) is 6.35. The molecule has 0 fully saturated rings. The van der Waals surface area contributed by atoms with Gasteiger partial charge in [-0.2, -0.15) is 0 Å². The highest BCUT2D eigenvalue weighted by atomic mass is 16.7. The number of nitrogens with zero attached hydrogens (tertiary/aromatic N) is 3. The van der Waals surface area contributed by atoms with Crippen LogP contribution in [-0.2, 0) is 19.1 Å². The monoisotopic (exact) mass is 301 g/mol. The minimum Gasteiger partial charge on any atom is -0.476 e. The average molecular weight is 301 g/mol. The van der Waals surface area contributed by atoms with Crippen molar-refractivity contribution in [3.63, 3.8) is 0 Å². The van der Waals surface area contributed by atoms with E-state index in [0.717, 1.165) is 10.9 Å². The fraction of sp³-hybridized carbons (Fsp3) is 0.143. The van der Waals surface area contributed by atoms with Crippen LogP contribution in [0.3, 0.4) is 0 Å². The summed E-state index contributed by atoms with van der Waals surface area (Å²) in [5.41, 5.74) is 1.23. The summed E-state index contributed by atoms with van der Waals surface area (Å²) in [6, 6.07) is 6.91. The van der Waals surface area contributed by atoms with Crippen molar-refractivity contribution < 1.29 is 24.2 Å². The van der Waals surface area contributed by atoms with Crippen LogP contribution in [0.2, 0.25) is 0 Å². The second-order valence-electron chi connectivity index (χ2n) is 4.56. The van der Waals surface area contributed by atoms with Gasteiger partial charge < -0.3 is 14.6 Å². The molecule has 1 aliphatic rings. The highest BCUT2D eigenvalue weighted by Crippen LogP contribution is 2.18. The molecule has 0 amide bonds. The zero-order valence-corrected chi connectivity index (χ0v) is 11.5. The van der Waals surface area contributed by atoms with Gasteiger partial charge in [0, 0.05) is 11.6 Å². The molecule has 0 bridgehead atoms. The molecule has 1 aliphatic heterocycles. The van der Waals surface area contributed by atoms with Gasteiger partial charge in [0.2, 0.25) is 0 Å². The first kappa shape index (κ1) is 13.8. The van der Waals surface area contributed by atoms with Crippen molar-refractivity contribution in [3.8, 4) is 0 Å². The second kappa shape index (κ2) is 5.32. The Morgan fingerprint density at radius 2 is 2.23 bits per heavy atom. The Bertz CT molecular complexity index is 821. The highest BCUT2D eigenvalue weighted by Gasteiger charge is 2.24. The van der Waals surface area contributed by atoms with Crippen LogP contribution in [0.4, 0.5) is 0 Å². The third kappa shape index (κ3) is 2.41. The Labute approximate surface area is 124 Å². The van der Waals surface area contributed by atoms with E-state index in [9.17, 15) is 14.7 Å². The molecule has 1 aromatic heterocycles. The minimum atomic E-state index is -1.25. The standard InChI is InChI=1S/C14H11N3O5/c1-8-6-12(22-14(8)20)21-7-11(13(18)19)17-10-5-3-2-4-9(10)15-16-17/h2-7,12H,1H3,(H,18,19)/b11-7-. The molecule has 3 rings (SSSR count). The van der Waals surface area contributed by atoms with Gasteiger partial charge in [0.05, 0.1) is 5.52 Å². The van der Waals surface area contributed by atoms with Crippen LogP contribution < -0.4 is 0 Å². The number of hydrogen-bond acceptors (Lipinski definition) is 6. The lowest BCUT2D eigenvalue weighted by atomic mass is 10.3. The van der Waals surface area contributed by atoms with E-state index >= 15 is 0 Å². The number of para-hydroxylation sites is 1. The number of carbonyl (C=O) groups excluding carboxylic acids is 1. The molecule has 0 aliphatic carbocycles. The SMILES string of the molecule is CC1=CC(O/C=C(/C(=O)O)n2nnc3ccccc32)OC1=O. The van der Waals surface area contributed by atoms with Crippen LogP contribution in [0.5, 0.6) is 0 Å². The van der Waals surface area contributed by atoms with Crippen molar-refractivity contribution in [2.75, 3.05) is 0 Å². The molecule has 2 aromatic rings. The number of carboxylic acid groups (broad SMARTS) is 1. The lowest BCUT2D eigenvalue weighted by Crippen LogP contribution is -2.14. The molecule has 8 heteroatoms. The maximum absolute atomic E-state index is 11.4. The number of hydrogen-bond donors (Lipinski definition) is 1. The van der Waals surface area contributed by atoms with E-state index in [-0.39, 0.29) is 5.70 Å². The number of ether oxygens (including phenoxy) is 2. The number of benzene rings is 1. The molecule has 112 valence electrons. The van der Waals surface area contributed by atoms with Crippen LogP contribution in [-0.4, -0.2) is 38.3 Å². The Hall–Kier alpha value is -3.16. The average Bonchev–Trinajstić information content (AvgIpc) is 3.04. The van der Waals surface area contributed by atoms with Gasteiger partial charge in [-0.3, -0.25) is 0 Å². The third-order valence-corrected chi connectivity index (χ3v) is 3.04. The van der Waals surface area contributed by atoms with E-state index in [1.165, 1.54) is 6.08 Å². The molecule has 1 N–H and O–H groups in total. The van der Waals surface area contributed by atoms with Crippen LogP contribution in [0.15, 0.2) is 42.2 Å². The lowest BCUT2D eigenvalue weighted by Gasteiger charge is -2.09. The zero-order chi connectivity index (χ0) is 15.7. The van der Waals surface area contributed by atoms with Gasteiger partial charge in [0.25, 0.3) is 6.29 Å². The Morgan fingerprint density at radius 3 is 2.91 bits per heavy atom. The molecule has 0 spiro atoms. The summed E-state index contributed by atoms with van der Waals surface area (Å²) < 4.78 is 11.2. The third-order valence-electron chi connectivity index (χ3n) is 3.04. The van der Waals surface area contributed by atoms with Crippen LogP contribution in [0, 0.1) is 0 Å². The number of esters is 1. The van der Waals surface area contributed by atoms with Crippen LogP contribution in [0.1, 0.15) is 6.92 Å². The number of fused-ring (bicyclic) bond motifs is 1. The van der Waals surface area contributed by atoms with Gasteiger partial charge >= 0.3 is 11.9 Å². The molecule has 0 saturated heterocycles. The maximum Gasteiger partial charge on any atom is 0.357 e. The molecular weight excluding hydrogens is 290 g/mol. The number of aliphatic carboxylic acids is 1. The van der Waals surface area contributed by atoms with Gasteiger partial charge in [0.1, 0.15) is 11.8 Å². The summed E-state index contributed by atoms with van der Waals surface area (Å²) in [4.78, 5) is 22.6. The molecule has 0 radical (unpaired) electrons. The molecule has 1 unspecified atom stereocenters. The van der Waals surface area contributed by atoms with E-state index in [2.05, 4.69) is 10.3 Å². The summed E-state index contributed by atoms with van der Waals surface area (Å²) in [6.07, 6.45) is 1.49. The van der Waals surface area contributed by atoms with Gasteiger partial charge in [0.15, 0.2) is 5.70 Å². The maximum atomic E-state index is 11.4. The first-order valence-electron chi connectivity index (χ1n) is 6.35. The summed E-state index contributed by atoms with van der Waals surface area (Å²) in [6.45, 7) is 1.58. The Morgan fingerprint density at radius 1 is 1.45 bits per heavy atom. The summed E-state index contributed by atoms with van der Waals surface area (Å²) >= 11 is 0. The predicted molar refractivity (Wildman–Crippen MR) is 74.2 cm³/mol. The van der Waals surface area contributed by atoms with Crippen molar-refractivity contribution in [2.45, 2.75) is 13.2 Å². The summed E-state index contributed by atoms with van der Waals surface area (Å²) in [5.74, 6) is -1.75. The lowest BCUT2D eigenvalue weighted by molar-refractivity contribution is -0.152. The van der Waals surface area contributed by atoms with E-state index in [1.54, 1.807) is 31.2 Å². The number of carboxylic acids is 1. The van der Waals surface area contributed by atoms with E-state index < -0.39 is 18.2 Å². The van der Waals surface area contributed by atoms with Gasteiger partial charge in [-0.25, -0.2) is 14.3 Å². The number of aromatic nitrogens is 3. The van der Waals surface area contributed by atoms with Crippen molar-refractivity contribution in [1.82, 2.24) is 15.0 Å². The fourth-order valence-corrected chi connectivity index (χ4v) is 1.94. The Balaban J connectivity index is 1.92. The molecule has 0 saturated carbocycles. The topological polar surface area (TPSA) is 104 Å². The quantitative estimate of drug-likeness (QED) is 0.513. The molecule has 1 atom stereocenters. The second-order valence-corrected chi connectivity index (χ2v) is 4.56. The van der Waals surface area contributed by atoms with Crippen molar-refractivity contribution >= 4 is 28.7 Å².